The predicted octanol–water partition coefficient (Wildman–Crippen LogP) is 1.69. The van der Waals surface area contributed by atoms with E-state index in [9.17, 15) is 9.59 Å². The van der Waals surface area contributed by atoms with Crippen molar-refractivity contribution in [3.05, 3.63) is 16.1 Å². The predicted molar refractivity (Wildman–Crippen MR) is 73.1 cm³/mol. The Hall–Kier alpha value is -1.87. The molecule has 0 fully saturated rings. The summed E-state index contributed by atoms with van der Waals surface area (Å²) in [5.74, 6) is 1.50. The average Bonchev–Trinajstić information content (AvgIpc) is 2.84. The molecule has 6 heteroatoms. The van der Waals surface area contributed by atoms with Crippen LogP contribution in [0.5, 0.6) is 0 Å². The van der Waals surface area contributed by atoms with E-state index in [0.29, 0.717) is 30.8 Å². The molecule has 0 aliphatic rings. The molecule has 0 bridgehead atoms. The summed E-state index contributed by atoms with van der Waals surface area (Å²) in [6.07, 6.45) is 8.48. The van der Waals surface area contributed by atoms with E-state index in [1.807, 2.05) is 0 Å². The van der Waals surface area contributed by atoms with Crippen LogP contribution in [0.3, 0.4) is 0 Å². The van der Waals surface area contributed by atoms with E-state index in [-0.39, 0.29) is 11.6 Å². The zero-order valence-corrected chi connectivity index (χ0v) is 11.3. The van der Waals surface area contributed by atoms with Crippen LogP contribution < -0.4 is 5.32 Å². The Morgan fingerprint density at radius 3 is 2.89 bits per heavy atom. The van der Waals surface area contributed by atoms with Crippen LogP contribution in [0.15, 0.2) is 5.38 Å². The van der Waals surface area contributed by atoms with Crippen molar-refractivity contribution in [2.24, 2.45) is 0 Å². The molecule has 0 radical (unpaired) electrons. The molecule has 0 spiro atoms. The minimum Gasteiger partial charge on any atom is -0.476 e. The number of carbonyl (C=O) groups excluding carboxylic acids is 1. The van der Waals surface area contributed by atoms with Gasteiger partial charge in [-0.3, -0.25) is 4.79 Å². The fraction of sp³-hybridized carbons (Fsp3) is 0.462. The molecule has 1 amide bonds. The van der Waals surface area contributed by atoms with Crippen LogP contribution in [0.25, 0.3) is 0 Å². The second-order valence-corrected chi connectivity index (χ2v) is 4.89. The Labute approximate surface area is 116 Å². The molecule has 0 aliphatic heterocycles. The SMILES string of the molecule is C#CCCCCC(=O)NCCc1nc(C(=O)O)cs1. The van der Waals surface area contributed by atoms with Gasteiger partial charge in [0.05, 0.1) is 5.01 Å². The van der Waals surface area contributed by atoms with E-state index in [0.717, 1.165) is 12.8 Å². The lowest BCUT2D eigenvalue weighted by atomic mass is 10.2. The molecular formula is C13H16N2O3S. The number of nitrogens with one attached hydrogen (secondary N) is 1. The molecule has 0 atom stereocenters. The molecule has 1 aromatic heterocycles. The molecular weight excluding hydrogens is 264 g/mol. The molecule has 0 aromatic carbocycles. The van der Waals surface area contributed by atoms with Gasteiger partial charge < -0.3 is 10.4 Å². The molecule has 0 saturated carbocycles. The molecule has 0 aliphatic carbocycles. The Bertz CT molecular complexity index is 476. The fourth-order valence-corrected chi connectivity index (χ4v) is 2.21. The fourth-order valence-electron chi connectivity index (χ4n) is 1.43. The number of carboxylic acid groups (broad SMARTS) is 1. The lowest BCUT2D eigenvalue weighted by molar-refractivity contribution is -0.121. The van der Waals surface area contributed by atoms with Crippen molar-refractivity contribution >= 4 is 23.2 Å². The highest BCUT2D eigenvalue weighted by Crippen LogP contribution is 2.09. The van der Waals surface area contributed by atoms with Gasteiger partial charge in [0.25, 0.3) is 0 Å². The minimum atomic E-state index is -1.03. The number of thiazole rings is 1. The van der Waals surface area contributed by atoms with Crippen LogP contribution in [-0.2, 0) is 11.2 Å². The summed E-state index contributed by atoms with van der Waals surface area (Å²) in [6.45, 7) is 0.473. The number of rotatable bonds is 8. The van der Waals surface area contributed by atoms with Gasteiger partial charge in [-0.15, -0.1) is 23.7 Å². The number of hydrogen-bond acceptors (Lipinski definition) is 4. The summed E-state index contributed by atoms with van der Waals surface area (Å²) in [5.41, 5.74) is 0.0561. The Morgan fingerprint density at radius 2 is 2.26 bits per heavy atom. The number of unbranched alkanes of at least 4 members (excludes halogenated alkanes) is 2. The number of terminal acetylenes is 1. The smallest absolute Gasteiger partial charge is 0.355 e. The van der Waals surface area contributed by atoms with Gasteiger partial charge in [0.15, 0.2) is 5.69 Å². The maximum absolute atomic E-state index is 11.4. The van der Waals surface area contributed by atoms with Crippen LogP contribution in [-0.4, -0.2) is 28.5 Å². The number of aromatic carboxylic acids is 1. The molecule has 5 nitrogen and oxygen atoms in total. The van der Waals surface area contributed by atoms with Gasteiger partial charge in [0, 0.05) is 31.2 Å². The van der Waals surface area contributed by atoms with Crippen molar-refractivity contribution in [2.75, 3.05) is 6.54 Å². The van der Waals surface area contributed by atoms with Crippen molar-refractivity contribution in [2.45, 2.75) is 32.1 Å². The number of carbonyl (C=O) groups is 2. The number of nitrogens with zero attached hydrogens (tertiary/aromatic N) is 1. The third-order valence-electron chi connectivity index (χ3n) is 2.41. The minimum absolute atomic E-state index is 0.00737. The van der Waals surface area contributed by atoms with Gasteiger partial charge in [-0.25, -0.2) is 9.78 Å². The first kappa shape index (κ1) is 15.2. The van der Waals surface area contributed by atoms with Crippen LogP contribution >= 0.6 is 11.3 Å². The monoisotopic (exact) mass is 280 g/mol. The summed E-state index contributed by atoms with van der Waals surface area (Å²) in [5, 5.41) is 13.7. The summed E-state index contributed by atoms with van der Waals surface area (Å²) >= 11 is 1.29. The highest BCUT2D eigenvalue weighted by atomic mass is 32.1. The van der Waals surface area contributed by atoms with Crippen molar-refractivity contribution < 1.29 is 14.7 Å². The molecule has 2 N–H and O–H groups in total. The van der Waals surface area contributed by atoms with Crippen LogP contribution in [0.4, 0.5) is 0 Å². The Kier molecular flexibility index (Phi) is 6.61. The summed E-state index contributed by atoms with van der Waals surface area (Å²) < 4.78 is 0. The van der Waals surface area contributed by atoms with E-state index >= 15 is 0 Å². The molecule has 0 saturated heterocycles. The summed E-state index contributed by atoms with van der Waals surface area (Å²) in [7, 11) is 0. The third kappa shape index (κ3) is 6.02. The van der Waals surface area contributed by atoms with E-state index in [1.165, 1.54) is 16.7 Å². The standard InChI is InChI=1S/C13H16N2O3S/c1-2-3-4-5-6-11(16)14-8-7-12-15-10(9-19-12)13(17)18/h1,9H,3-8H2,(H,14,16)(H,17,18). The topological polar surface area (TPSA) is 79.3 Å². The Morgan fingerprint density at radius 1 is 1.47 bits per heavy atom. The second kappa shape index (κ2) is 8.27. The molecule has 102 valence electrons. The largest absolute Gasteiger partial charge is 0.476 e. The Balaban J connectivity index is 2.17. The van der Waals surface area contributed by atoms with Gasteiger partial charge in [-0.1, -0.05) is 0 Å². The number of amides is 1. The average molecular weight is 280 g/mol. The highest BCUT2D eigenvalue weighted by Gasteiger charge is 2.08. The van der Waals surface area contributed by atoms with Crippen molar-refractivity contribution in [3.63, 3.8) is 0 Å². The van der Waals surface area contributed by atoms with Crippen LogP contribution in [0, 0.1) is 12.3 Å². The maximum Gasteiger partial charge on any atom is 0.355 e. The van der Waals surface area contributed by atoms with Crippen molar-refractivity contribution in [3.8, 4) is 12.3 Å². The van der Waals surface area contributed by atoms with E-state index in [2.05, 4.69) is 16.2 Å². The number of hydrogen-bond donors (Lipinski definition) is 2. The van der Waals surface area contributed by atoms with E-state index in [4.69, 9.17) is 11.5 Å². The van der Waals surface area contributed by atoms with Crippen LogP contribution in [0.1, 0.15) is 41.2 Å². The number of aromatic nitrogens is 1. The normalized spacial score (nSPS) is 9.84. The lowest BCUT2D eigenvalue weighted by Gasteiger charge is -2.03. The highest BCUT2D eigenvalue weighted by molar-refractivity contribution is 7.09. The van der Waals surface area contributed by atoms with E-state index < -0.39 is 5.97 Å². The molecule has 19 heavy (non-hydrogen) atoms. The summed E-state index contributed by atoms with van der Waals surface area (Å²) in [4.78, 5) is 26.0. The summed E-state index contributed by atoms with van der Waals surface area (Å²) in [6, 6.07) is 0. The number of carboxylic acids is 1. The van der Waals surface area contributed by atoms with E-state index in [1.54, 1.807) is 0 Å². The first-order chi connectivity index (χ1) is 9.13. The lowest BCUT2D eigenvalue weighted by Crippen LogP contribution is -2.25. The maximum atomic E-state index is 11.4. The van der Waals surface area contributed by atoms with Crippen LogP contribution in [0.2, 0.25) is 0 Å². The quantitative estimate of drug-likeness (QED) is 0.561. The third-order valence-corrected chi connectivity index (χ3v) is 3.32. The molecule has 1 rings (SSSR count). The zero-order chi connectivity index (χ0) is 14.1. The van der Waals surface area contributed by atoms with Crippen molar-refractivity contribution in [1.29, 1.82) is 0 Å². The molecule has 1 heterocycles. The van der Waals surface area contributed by atoms with Gasteiger partial charge in [0.2, 0.25) is 5.91 Å². The van der Waals surface area contributed by atoms with Gasteiger partial charge in [-0.2, -0.15) is 0 Å². The molecule has 1 aromatic rings. The first-order valence-corrected chi connectivity index (χ1v) is 6.89. The molecule has 0 unspecified atom stereocenters. The van der Waals surface area contributed by atoms with Gasteiger partial charge in [0.1, 0.15) is 0 Å². The second-order valence-electron chi connectivity index (χ2n) is 3.94. The van der Waals surface area contributed by atoms with Gasteiger partial charge in [-0.05, 0) is 12.8 Å². The zero-order valence-electron chi connectivity index (χ0n) is 10.5. The first-order valence-electron chi connectivity index (χ1n) is 6.01. The van der Waals surface area contributed by atoms with Crippen molar-refractivity contribution in [1.82, 2.24) is 10.3 Å². The van der Waals surface area contributed by atoms with Gasteiger partial charge >= 0.3 is 5.97 Å².